The number of fused-ring (bicyclic) bond motifs is 3. The molecule has 0 aromatic carbocycles. The summed E-state index contributed by atoms with van der Waals surface area (Å²) in [5.74, 6) is 1.71. The topological polar surface area (TPSA) is 71.3 Å². The first-order chi connectivity index (χ1) is 13.7. The van der Waals surface area contributed by atoms with Gasteiger partial charge in [-0.05, 0) is 57.1 Å². The number of thiophene rings is 1. The standard InChI is InChI=1S/C21H24N4O2S/c1-13-15(8-11-27-13)20(26)24-14-6-9-25(10-7-14)19-18-16-4-2-3-5-17(16)28-21(18)23-12-22-19/h8,11-12,14H,2-7,9-10H2,1H3,(H,24,26). The second-order valence-corrected chi connectivity index (χ2v) is 8.80. The predicted molar refractivity (Wildman–Crippen MR) is 110 cm³/mol. The quantitative estimate of drug-likeness (QED) is 0.728. The van der Waals surface area contributed by atoms with Crippen LogP contribution in [0.5, 0.6) is 0 Å². The lowest BCUT2D eigenvalue weighted by Crippen LogP contribution is -2.45. The molecule has 3 aromatic heterocycles. The predicted octanol–water partition coefficient (Wildman–Crippen LogP) is 3.87. The molecule has 1 fully saturated rings. The molecule has 28 heavy (non-hydrogen) atoms. The van der Waals surface area contributed by atoms with Crippen LogP contribution in [-0.4, -0.2) is 35.0 Å². The van der Waals surface area contributed by atoms with E-state index in [1.54, 1.807) is 18.7 Å². The van der Waals surface area contributed by atoms with Gasteiger partial charge in [-0.3, -0.25) is 4.79 Å². The molecule has 4 heterocycles. The van der Waals surface area contributed by atoms with Crippen molar-refractivity contribution in [1.29, 1.82) is 0 Å². The number of nitrogens with one attached hydrogen (secondary N) is 1. The maximum atomic E-state index is 12.4. The monoisotopic (exact) mass is 396 g/mol. The Kier molecular flexibility index (Phi) is 4.55. The van der Waals surface area contributed by atoms with Crippen LogP contribution in [0.2, 0.25) is 0 Å². The van der Waals surface area contributed by atoms with Gasteiger partial charge in [0.1, 0.15) is 22.7 Å². The Hall–Kier alpha value is -2.41. The summed E-state index contributed by atoms with van der Waals surface area (Å²) in [7, 11) is 0. The Balaban J connectivity index is 1.31. The highest BCUT2D eigenvalue weighted by molar-refractivity contribution is 7.19. The van der Waals surface area contributed by atoms with E-state index in [1.807, 2.05) is 18.3 Å². The van der Waals surface area contributed by atoms with Crippen molar-refractivity contribution in [2.75, 3.05) is 18.0 Å². The van der Waals surface area contributed by atoms with Gasteiger partial charge >= 0.3 is 0 Å². The number of amides is 1. The molecule has 7 heteroatoms. The van der Waals surface area contributed by atoms with Gasteiger partial charge in [0.05, 0.1) is 17.2 Å². The van der Waals surface area contributed by atoms with Crippen LogP contribution in [-0.2, 0) is 12.8 Å². The molecule has 0 bridgehead atoms. The molecule has 0 spiro atoms. The fraction of sp³-hybridized carbons (Fsp3) is 0.476. The highest BCUT2D eigenvalue weighted by Gasteiger charge is 2.27. The van der Waals surface area contributed by atoms with Crippen molar-refractivity contribution in [2.45, 2.75) is 51.5 Å². The molecule has 1 saturated heterocycles. The third-order valence-electron chi connectivity index (χ3n) is 5.96. The summed E-state index contributed by atoms with van der Waals surface area (Å²) in [6.07, 6.45) is 9.97. The Bertz CT molecular complexity index is 1020. The van der Waals surface area contributed by atoms with Crippen molar-refractivity contribution < 1.29 is 9.21 Å². The minimum absolute atomic E-state index is 0.0407. The van der Waals surface area contributed by atoms with Crippen LogP contribution in [0.1, 0.15) is 52.2 Å². The van der Waals surface area contributed by atoms with E-state index in [9.17, 15) is 4.79 Å². The highest BCUT2D eigenvalue weighted by atomic mass is 32.1. The molecule has 1 aliphatic heterocycles. The molecule has 0 saturated carbocycles. The van der Waals surface area contributed by atoms with E-state index in [1.165, 1.54) is 35.1 Å². The molecule has 3 aromatic rings. The Morgan fingerprint density at radius 3 is 2.86 bits per heavy atom. The molecular formula is C21H24N4O2S. The van der Waals surface area contributed by atoms with Crippen LogP contribution < -0.4 is 10.2 Å². The number of nitrogens with zero attached hydrogens (tertiary/aromatic N) is 3. The van der Waals surface area contributed by atoms with Crippen LogP contribution in [0.4, 0.5) is 5.82 Å². The summed E-state index contributed by atoms with van der Waals surface area (Å²) in [5.41, 5.74) is 2.11. The zero-order chi connectivity index (χ0) is 19.1. The molecule has 1 amide bonds. The molecule has 5 rings (SSSR count). The van der Waals surface area contributed by atoms with Gasteiger partial charge in [0, 0.05) is 24.0 Å². The lowest BCUT2D eigenvalue weighted by molar-refractivity contribution is 0.0929. The Labute approximate surface area is 168 Å². The van der Waals surface area contributed by atoms with Crippen molar-refractivity contribution in [3.63, 3.8) is 0 Å². The molecule has 6 nitrogen and oxygen atoms in total. The number of hydrogen-bond donors (Lipinski definition) is 1. The average molecular weight is 397 g/mol. The lowest BCUT2D eigenvalue weighted by Gasteiger charge is -2.33. The maximum absolute atomic E-state index is 12.4. The first-order valence-electron chi connectivity index (χ1n) is 10.1. The molecule has 1 aliphatic carbocycles. The second kappa shape index (κ2) is 7.20. The highest BCUT2D eigenvalue weighted by Crippen LogP contribution is 2.39. The summed E-state index contributed by atoms with van der Waals surface area (Å²) in [4.78, 5) is 26.7. The lowest BCUT2D eigenvalue weighted by atomic mass is 9.96. The van der Waals surface area contributed by atoms with Crippen LogP contribution in [0.15, 0.2) is 23.1 Å². The van der Waals surface area contributed by atoms with Crippen LogP contribution in [0.3, 0.4) is 0 Å². The van der Waals surface area contributed by atoms with Gasteiger partial charge in [-0.1, -0.05) is 0 Å². The fourth-order valence-electron chi connectivity index (χ4n) is 4.43. The van der Waals surface area contributed by atoms with Crippen molar-refractivity contribution in [3.8, 4) is 0 Å². The summed E-state index contributed by atoms with van der Waals surface area (Å²) >= 11 is 1.84. The summed E-state index contributed by atoms with van der Waals surface area (Å²) in [5, 5.41) is 4.44. The maximum Gasteiger partial charge on any atom is 0.255 e. The Morgan fingerprint density at radius 1 is 1.25 bits per heavy atom. The number of aryl methyl sites for hydroxylation is 3. The fourth-order valence-corrected chi connectivity index (χ4v) is 5.66. The number of rotatable bonds is 3. The van der Waals surface area contributed by atoms with Crippen molar-refractivity contribution >= 4 is 33.3 Å². The zero-order valence-corrected chi connectivity index (χ0v) is 16.8. The van der Waals surface area contributed by atoms with Crippen LogP contribution in [0, 0.1) is 6.92 Å². The SMILES string of the molecule is Cc1occc1C(=O)NC1CCN(c2ncnc3sc4c(c23)CCCC4)CC1. The third kappa shape index (κ3) is 3.07. The molecule has 2 aliphatic rings. The molecule has 146 valence electrons. The molecular weight excluding hydrogens is 372 g/mol. The first-order valence-corrected chi connectivity index (χ1v) is 10.9. The van der Waals surface area contributed by atoms with Gasteiger partial charge in [0.2, 0.25) is 0 Å². The van der Waals surface area contributed by atoms with Crippen LogP contribution in [0.25, 0.3) is 10.2 Å². The van der Waals surface area contributed by atoms with Crippen LogP contribution >= 0.6 is 11.3 Å². The minimum Gasteiger partial charge on any atom is -0.469 e. The average Bonchev–Trinajstić information content (AvgIpc) is 3.31. The van der Waals surface area contributed by atoms with E-state index in [2.05, 4.69) is 20.2 Å². The molecule has 0 unspecified atom stereocenters. The van der Waals surface area contributed by atoms with Gasteiger partial charge in [0.25, 0.3) is 5.91 Å². The minimum atomic E-state index is -0.0407. The van der Waals surface area contributed by atoms with E-state index < -0.39 is 0 Å². The van der Waals surface area contributed by atoms with Gasteiger partial charge < -0.3 is 14.6 Å². The van der Waals surface area contributed by atoms with Crippen molar-refractivity contribution in [1.82, 2.24) is 15.3 Å². The van der Waals surface area contributed by atoms with Crippen molar-refractivity contribution in [2.24, 2.45) is 0 Å². The van der Waals surface area contributed by atoms with E-state index in [4.69, 9.17) is 4.42 Å². The van der Waals surface area contributed by atoms with Crippen molar-refractivity contribution in [3.05, 3.63) is 40.4 Å². The molecule has 0 atom stereocenters. The van der Waals surface area contributed by atoms with E-state index in [-0.39, 0.29) is 11.9 Å². The van der Waals surface area contributed by atoms with Gasteiger partial charge in [0.15, 0.2) is 0 Å². The third-order valence-corrected chi connectivity index (χ3v) is 7.16. The van der Waals surface area contributed by atoms with Gasteiger partial charge in [-0.2, -0.15) is 0 Å². The Morgan fingerprint density at radius 2 is 2.07 bits per heavy atom. The van der Waals surface area contributed by atoms with Gasteiger partial charge in [-0.25, -0.2) is 9.97 Å². The summed E-state index contributed by atoms with van der Waals surface area (Å²) < 4.78 is 5.25. The van der Waals surface area contributed by atoms with Gasteiger partial charge in [-0.15, -0.1) is 11.3 Å². The number of carbonyl (C=O) groups excluding carboxylic acids is 1. The molecule has 1 N–H and O–H groups in total. The second-order valence-electron chi connectivity index (χ2n) is 7.71. The van der Waals surface area contributed by atoms with E-state index in [0.717, 1.165) is 43.0 Å². The number of furan rings is 1. The normalized spacial score (nSPS) is 17.7. The zero-order valence-electron chi connectivity index (χ0n) is 16.0. The van der Waals surface area contributed by atoms with E-state index in [0.29, 0.717) is 11.3 Å². The number of aromatic nitrogens is 2. The molecule has 0 radical (unpaired) electrons. The number of piperidine rings is 1. The summed E-state index contributed by atoms with van der Waals surface area (Å²) in [6.45, 7) is 3.61. The first kappa shape index (κ1) is 17.7. The number of hydrogen-bond acceptors (Lipinski definition) is 6. The summed E-state index contributed by atoms with van der Waals surface area (Å²) in [6, 6.07) is 1.92. The van der Waals surface area contributed by atoms with E-state index >= 15 is 0 Å². The number of carbonyl (C=O) groups is 1. The smallest absolute Gasteiger partial charge is 0.255 e. The largest absolute Gasteiger partial charge is 0.469 e. The number of anilines is 1.